The summed E-state index contributed by atoms with van der Waals surface area (Å²) < 4.78 is 0. The molecule has 0 aliphatic carbocycles. The number of amides is 1. The maximum Gasteiger partial charge on any atom is 0.253 e. The minimum absolute atomic E-state index is 0.249. The molecular weight excluding hydrogens is 257 g/mol. The fourth-order valence-electron chi connectivity index (χ4n) is 1.40. The summed E-state index contributed by atoms with van der Waals surface area (Å²) in [5, 5.41) is 3.34. The van der Waals surface area contributed by atoms with Crippen molar-refractivity contribution in [2.24, 2.45) is 0 Å². The van der Waals surface area contributed by atoms with Gasteiger partial charge in [-0.2, -0.15) is 0 Å². The first-order chi connectivity index (χ1) is 8.10. The summed E-state index contributed by atoms with van der Waals surface area (Å²) >= 11 is 11.8. The molecule has 0 spiro atoms. The molecule has 0 saturated carbocycles. The fourth-order valence-corrected chi connectivity index (χ4v) is 1.79. The average molecular weight is 270 g/mol. The van der Waals surface area contributed by atoms with Crippen molar-refractivity contribution in [1.29, 1.82) is 0 Å². The largest absolute Gasteiger partial charge is 0.338 e. The zero-order valence-corrected chi connectivity index (χ0v) is 11.0. The monoisotopic (exact) mass is 269 g/mol. The molecule has 17 heavy (non-hydrogen) atoms. The molecule has 0 heterocycles. The van der Waals surface area contributed by atoms with E-state index in [4.69, 9.17) is 29.6 Å². The van der Waals surface area contributed by atoms with Gasteiger partial charge in [0.1, 0.15) is 0 Å². The molecule has 0 aliphatic rings. The molecule has 1 unspecified atom stereocenters. The van der Waals surface area contributed by atoms with Crippen molar-refractivity contribution in [3.63, 3.8) is 0 Å². The summed E-state index contributed by atoms with van der Waals surface area (Å²) in [4.78, 5) is 11.9. The number of hydrogen-bond acceptors (Lipinski definition) is 1. The quantitative estimate of drug-likeness (QED) is 0.833. The van der Waals surface area contributed by atoms with Gasteiger partial charge in [0.15, 0.2) is 0 Å². The van der Waals surface area contributed by atoms with E-state index >= 15 is 0 Å². The summed E-state index contributed by atoms with van der Waals surface area (Å²) in [6, 6.07) is 4.64. The van der Waals surface area contributed by atoms with Crippen LogP contribution in [0.4, 0.5) is 0 Å². The van der Waals surface area contributed by atoms with Crippen LogP contribution in [0.25, 0.3) is 0 Å². The maximum absolute atomic E-state index is 11.9. The Morgan fingerprint density at radius 3 is 2.82 bits per heavy atom. The van der Waals surface area contributed by atoms with Crippen LogP contribution in [0, 0.1) is 12.3 Å². The predicted molar refractivity (Wildman–Crippen MR) is 71.5 cm³/mol. The molecule has 90 valence electrons. The molecule has 2 nitrogen and oxygen atoms in total. The first-order valence-electron chi connectivity index (χ1n) is 5.31. The molecule has 0 bridgehead atoms. The second-order valence-corrected chi connectivity index (χ2v) is 4.37. The third-order valence-corrected chi connectivity index (χ3v) is 3.10. The van der Waals surface area contributed by atoms with E-state index in [-0.39, 0.29) is 17.0 Å². The van der Waals surface area contributed by atoms with Gasteiger partial charge in [0, 0.05) is 0 Å². The molecule has 1 aromatic carbocycles. The van der Waals surface area contributed by atoms with Gasteiger partial charge in [-0.3, -0.25) is 4.79 Å². The van der Waals surface area contributed by atoms with E-state index < -0.39 is 0 Å². The smallest absolute Gasteiger partial charge is 0.253 e. The molecule has 4 heteroatoms. The molecule has 0 saturated heterocycles. The Hall–Kier alpha value is -1.17. The Morgan fingerprint density at radius 2 is 2.24 bits per heavy atom. The number of terminal acetylenes is 1. The third-order valence-electron chi connectivity index (χ3n) is 2.28. The van der Waals surface area contributed by atoms with Crippen molar-refractivity contribution in [2.75, 3.05) is 0 Å². The van der Waals surface area contributed by atoms with Crippen molar-refractivity contribution in [1.82, 2.24) is 5.32 Å². The maximum atomic E-state index is 11.9. The van der Waals surface area contributed by atoms with Crippen molar-refractivity contribution < 1.29 is 4.79 Å². The van der Waals surface area contributed by atoms with Gasteiger partial charge >= 0.3 is 0 Å². The molecule has 0 fully saturated rings. The van der Waals surface area contributed by atoms with E-state index in [1.165, 1.54) is 0 Å². The highest BCUT2D eigenvalue weighted by Crippen LogP contribution is 2.25. The van der Waals surface area contributed by atoms with Crippen molar-refractivity contribution in [3.8, 4) is 12.3 Å². The van der Waals surface area contributed by atoms with Gasteiger partial charge in [0.05, 0.1) is 21.7 Å². The van der Waals surface area contributed by atoms with E-state index in [0.29, 0.717) is 10.6 Å². The number of benzene rings is 1. The molecule has 1 N–H and O–H groups in total. The van der Waals surface area contributed by atoms with Crippen LogP contribution in [0.1, 0.15) is 30.1 Å². The van der Waals surface area contributed by atoms with Crippen molar-refractivity contribution >= 4 is 29.1 Å². The lowest BCUT2D eigenvalue weighted by Gasteiger charge is -2.13. The van der Waals surface area contributed by atoms with Crippen LogP contribution in [-0.4, -0.2) is 11.9 Å². The molecule has 0 radical (unpaired) electrons. The summed E-state index contributed by atoms with van der Waals surface area (Å²) in [6.45, 7) is 2.00. The summed E-state index contributed by atoms with van der Waals surface area (Å²) in [5.41, 5.74) is 0.343. The van der Waals surface area contributed by atoms with E-state index in [9.17, 15) is 4.79 Å². The van der Waals surface area contributed by atoms with Crippen molar-refractivity contribution in [3.05, 3.63) is 33.8 Å². The lowest BCUT2D eigenvalue weighted by Crippen LogP contribution is -2.33. The van der Waals surface area contributed by atoms with Gasteiger partial charge in [-0.25, -0.2) is 0 Å². The number of hydrogen-bond donors (Lipinski definition) is 1. The lowest BCUT2D eigenvalue weighted by molar-refractivity contribution is 0.0944. The Labute approximate surface area is 111 Å². The van der Waals surface area contributed by atoms with Gasteiger partial charge in [-0.1, -0.05) is 48.5 Å². The first-order valence-corrected chi connectivity index (χ1v) is 6.06. The second kappa shape index (κ2) is 6.54. The van der Waals surface area contributed by atoms with E-state index in [2.05, 4.69) is 11.2 Å². The molecule has 1 aromatic rings. The zero-order valence-electron chi connectivity index (χ0n) is 9.47. The standard InChI is InChI=1S/C13H13Cl2NO/c1-3-6-9(4-2)16-13(17)10-7-5-8-11(14)12(10)15/h2,5,7-9H,3,6H2,1H3,(H,16,17). The number of carbonyl (C=O) groups is 1. The molecular formula is C13H13Cl2NO. The minimum atomic E-state index is -0.297. The van der Waals surface area contributed by atoms with Gasteiger partial charge in [-0.15, -0.1) is 6.42 Å². The van der Waals surface area contributed by atoms with Crippen LogP contribution in [0.15, 0.2) is 18.2 Å². The van der Waals surface area contributed by atoms with Crippen LogP contribution < -0.4 is 5.32 Å². The van der Waals surface area contributed by atoms with Crippen LogP contribution in [0.3, 0.4) is 0 Å². The van der Waals surface area contributed by atoms with Gasteiger partial charge in [-0.05, 0) is 18.6 Å². The number of nitrogens with one attached hydrogen (secondary N) is 1. The minimum Gasteiger partial charge on any atom is -0.338 e. The molecule has 1 rings (SSSR count). The van der Waals surface area contributed by atoms with Crippen LogP contribution in [0.2, 0.25) is 10.0 Å². The summed E-state index contributed by atoms with van der Waals surface area (Å²) in [7, 11) is 0. The van der Waals surface area contributed by atoms with Gasteiger partial charge in [0.2, 0.25) is 0 Å². The summed E-state index contributed by atoms with van der Waals surface area (Å²) in [5.74, 6) is 2.23. The summed E-state index contributed by atoms with van der Waals surface area (Å²) in [6.07, 6.45) is 6.97. The van der Waals surface area contributed by atoms with E-state index in [1.54, 1.807) is 18.2 Å². The van der Waals surface area contributed by atoms with E-state index in [0.717, 1.165) is 12.8 Å². The Bertz CT molecular complexity index is 451. The Kier molecular flexibility index (Phi) is 5.34. The third kappa shape index (κ3) is 3.66. The van der Waals surface area contributed by atoms with Crippen molar-refractivity contribution in [2.45, 2.75) is 25.8 Å². The lowest BCUT2D eigenvalue weighted by atomic mass is 10.1. The molecule has 1 atom stereocenters. The highest BCUT2D eigenvalue weighted by Gasteiger charge is 2.15. The van der Waals surface area contributed by atoms with E-state index in [1.807, 2.05) is 6.92 Å². The highest BCUT2D eigenvalue weighted by atomic mass is 35.5. The first kappa shape index (κ1) is 13.9. The topological polar surface area (TPSA) is 29.1 Å². The van der Waals surface area contributed by atoms with Gasteiger partial charge < -0.3 is 5.32 Å². The zero-order chi connectivity index (χ0) is 12.8. The average Bonchev–Trinajstić information content (AvgIpc) is 2.31. The predicted octanol–water partition coefficient (Wildman–Crippen LogP) is 3.53. The van der Waals surface area contributed by atoms with Crippen LogP contribution in [0.5, 0.6) is 0 Å². The molecule has 0 aliphatic heterocycles. The number of carbonyl (C=O) groups excluding carboxylic acids is 1. The van der Waals surface area contributed by atoms with Gasteiger partial charge in [0.25, 0.3) is 5.91 Å². The normalized spacial score (nSPS) is 11.6. The molecule has 1 amide bonds. The Balaban J connectivity index is 2.83. The Morgan fingerprint density at radius 1 is 1.53 bits per heavy atom. The SMILES string of the molecule is C#CC(CCC)NC(=O)c1cccc(Cl)c1Cl. The number of halogens is 2. The highest BCUT2D eigenvalue weighted by molar-refractivity contribution is 6.43. The molecule has 0 aromatic heterocycles. The van der Waals surface area contributed by atoms with Crippen LogP contribution >= 0.6 is 23.2 Å². The van der Waals surface area contributed by atoms with Crippen LogP contribution in [-0.2, 0) is 0 Å². The fraction of sp³-hybridized carbons (Fsp3) is 0.308. The second-order valence-electron chi connectivity index (χ2n) is 3.58. The number of rotatable bonds is 4.